The van der Waals surface area contributed by atoms with E-state index in [4.69, 9.17) is 10.5 Å². The number of fused-ring (bicyclic) bond motifs is 2. The van der Waals surface area contributed by atoms with Crippen LogP contribution in [0, 0.1) is 12.7 Å². The highest BCUT2D eigenvalue weighted by molar-refractivity contribution is 7.91. The summed E-state index contributed by atoms with van der Waals surface area (Å²) in [5, 5.41) is 12.8. The summed E-state index contributed by atoms with van der Waals surface area (Å²) in [6, 6.07) is 15.5. The molecule has 0 spiro atoms. The number of aliphatic hydroxyl groups is 1. The smallest absolute Gasteiger partial charge is 0.231 e. The summed E-state index contributed by atoms with van der Waals surface area (Å²) in [6.07, 6.45) is 0.916. The van der Waals surface area contributed by atoms with Gasteiger partial charge in [0.05, 0.1) is 10.6 Å². The standard InChI is InChI=1S/C32H31FN2O6S/c1-18-5-10-23-20(13-18)14-21(15-26(23)42(4,39)40)25(36)11-12-32(3,38)27-16-24-29(41-17-31(24,2)30(34)37)28(35-27)19-6-8-22(33)9-7-19/h5-10,13-16,38H,11-12,17H2,1-4H3,(H2,34,37)/t31-,32-/m0/s1. The molecule has 0 bridgehead atoms. The van der Waals surface area contributed by atoms with Crippen molar-refractivity contribution in [1.29, 1.82) is 0 Å². The van der Waals surface area contributed by atoms with Crippen LogP contribution in [0.3, 0.4) is 0 Å². The number of pyridine rings is 1. The molecule has 42 heavy (non-hydrogen) atoms. The lowest BCUT2D eigenvalue weighted by atomic mass is 9.81. The lowest BCUT2D eigenvalue weighted by Gasteiger charge is -2.26. The number of benzene rings is 3. The van der Waals surface area contributed by atoms with E-state index in [-0.39, 0.29) is 41.4 Å². The van der Waals surface area contributed by atoms with Crippen LogP contribution in [0.4, 0.5) is 4.39 Å². The number of aryl methyl sites for hydroxylation is 1. The second-order valence-electron chi connectivity index (χ2n) is 11.4. The number of ether oxygens (including phenoxy) is 1. The number of rotatable bonds is 8. The van der Waals surface area contributed by atoms with Crippen LogP contribution in [0.1, 0.15) is 53.9 Å². The highest BCUT2D eigenvalue weighted by Gasteiger charge is 2.45. The quantitative estimate of drug-likeness (QED) is 0.282. The van der Waals surface area contributed by atoms with Crippen molar-refractivity contribution in [3.63, 3.8) is 0 Å². The number of aromatic nitrogens is 1. The maximum absolute atomic E-state index is 13.7. The molecule has 1 aliphatic heterocycles. The third-order valence-electron chi connectivity index (χ3n) is 7.92. The number of amides is 1. The summed E-state index contributed by atoms with van der Waals surface area (Å²) >= 11 is 0. The fourth-order valence-corrected chi connectivity index (χ4v) is 6.14. The Morgan fingerprint density at radius 2 is 1.81 bits per heavy atom. The number of primary amides is 1. The van der Waals surface area contributed by atoms with Gasteiger partial charge in [0.1, 0.15) is 34.9 Å². The Kier molecular flexibility index (Phi) is 7.19. The van der Waals surface area contributed by atoms with Crippen LogP contribution in [0.2, 0.25) is 0 Å². The van der Waals surface area contributed by atoms with Crippen molar-refractivity contribution in [2.24, 2.45) is 5.73 Å². The molecule has 0 saturated heterocycles. The van der Waals surface area contributed by atoms with E-state index in [2.05, 4.69) is 4.98 Å². The van der Waals surface area contributed by atoms with Crippen molar-refractivity contribution in [2.45, 2.75) is 49.5 Å². The molecule has 0 radical (unpaired) electrons. The van der Waals surface area contributed by atoms with Gasteiger partial charge in [0, 0.05) is 34.8 Å². The van der Waals surface area contributed by atoms with Crippen molar-refractivity contribution in [3.8, 4) is 17.0 Å². The Balaban J connectivity index is 1.52. The molecule has 1 aromatic heterocycles. The lowest BCUT2D eigenvalue weighted by molar-refractivity contribution is -0.123. The van der Waals surface area contributed by atoms with Gasteiger partial charge in [-0.15, -0.1) is 0 Å². The number of nitrogens with zero attached hydrogens (tertiary/aromatic N) is 1. The van der Waals surface area contributed by atoms with Crippen molar-refractivity contribution in [3.05, 3.63) is 88.9 Å². The Bertz CT molecular complexity index is 1870. The van der Waals surface area contributed by atoms with Crippen molar-refractivity contribution < 1.29 is 32.2 Å². The van der Waals surface area contributed by atoms with E-state index in [0.29, 0.717) is 33.3 Å². The molecule has 5 rings (SSSR count). The maximum atomic E-state index is 13.7. The van der Waals surface area contributed by atoms with Crippen LogP contribution in [0.15, 0.2) is 65.6 Å². The average Bonchev–Trinajstić information content (AvgIpc) is 3.28. The Labute approximate surface area is 243 Å². The van der Waals surface area contributed by atoms with Gasteiger partial charge in [-0.1, -0.05) is 23.8 Å². The van der Waals surface area contributed by atoms with E-state index >= 15 is 0 Å². The molecule has 2 heterocycles. The highest BCUT2D eigenvalue weighted by Crippen LogP contribution is 2.46. The summed E-state index contributed by atoms with van der Waals surface area (Å²) < 4.78 is 44.6. The van der Waals surface area contributed by atoms with Crippen LogP contribution in [0.25, 0.3) is 22.0 Å². The van der Waals surface area contributed by atoms with Crippen molar-refractivity contribution in [2.75, 3.05) is 12.9 Å². The zero-order valence-corrected chi connectivity index (χ0v) is 24.5. The zero-order valence-electron chi connectivity index (χ0n) is 23.7. The molecule has 0 aliphatic carbocycles. The third kappa shape index (κ3) is 5.28. The molecular formula is C32H31FN2O6S. The number of carbonyl (C=O) groups excluding carboxylic acids is 2. The van der Waals surface area contributed by atoms with E-state index in [9.17, 15) is 27.5 Å². The molecule has 3 N–H and O–H groups in total. The zero-order chi connectivity index (χ0) is 30.6. The molecule has 218 valence electrons. The summed E-state index contributed by atoms with van der Waals surface area (Å²) in [4.78, 5) is 30.5. The largest absolute Gasteiger partial charge is 0.489 e. The summed E-state index contributed by atoms with van der Waals surface area (Å²) in [6.45, 7) is 5.00. The number of carbonyl (C=O) groups is 2. The van der Waals surface area contributed by atoms with Crippen molar-refractivity contribution in [1.82, 2.24) is 4.98 Å². The Hall–Kier alpha value is -4.15. The number of sulfone groups is 1. The Morgan fingerprint density at radius 3 is 2.45 bits per heavy atom. The molecule has 2 atom stereocenters. The fourth-order valence-electron chi connectivity index (χ4n) is 5.22. The van der Waals surface area contributed by atoms with E-state index in [1.807, 2.05) is 19.1 Å². The van der Waals surface area contributed by atoms with Gasteiger partial charge >= 0.3 is 0 Å². The first-order valence-electron chi connectivity index (χ1n) is 13.3. The number of Topliss-reactive ketones (excluding diaryl/α,β-unsaturated/α-hetero) is 1. The second-order valence-corrected chi connectivity index (χ2v) is 13.4. The van der Waals surface area contributed by atoms with Crippen molar-refractivity contribution >= 4 is 32.3 Å². The maximum Gasteiger partial charge on any atom is 0.231 e. The lowest BCUT2D eigenvalue weighted by Crippen LogP contribution is -2.40. The van der Waals surface area contributed by atoms with E-state index < -0.39 is 32.6 Å². The number of halogens is 1. The summed E-state index contributed by atoms with van der Waals surface area (Å²) in [5.74, 6) is -1.10. The minimum absolute atomic E-state index is 0.0261. The minimum atomic E-state index is -3.63. The van der Waals surface area contributed by atoms with Gasteiger partial charge in [0.25, 0.3) is 0 Å². The SMILES string of the molecule is Cc1ccc2c(S(C)(=O)=O)cc(C(=O)CC[C@](C)(O)c3cc4c(c(-c5ccc(F)cc5)n3)OC[C@]4(C)C(N)=O)cc2c1. The minimum Gasteiger partial charge on any atom is -0.489 e. The Morgan fingerprint density at radius 1 is 1.12 bits per heavy atom. The van der Waals surface area contributed by atoms with Crippen LogP contribution in [-0.4, -0.2) is 43.1 Å². The number of ketones is 1. The third-order valence-corrected chi connectivity index (χ3v) is 9.05. The van der Waals surface area contributed by atoms with Crippen LogP contribution >= 0.6 is 0 Å². The van der Waals surface area contributed by atoms with E-state index in [1.54, 1.807) is 25.1 Å². The second kappa shape index (κ2) is 10.3. The predicted molar refractivity (Wildman–Crippen MR) is 157 cm³/mol. The molecule has 1 amide bonds. The highest BCUT2D eigenvalue weighted by atomic mass is 32.2. The van der Waals surface area contributed by atoms with Gasteiger partial charge in [-0.25, -0.2) is 17.8 Å². The molecule has 1 aliphatic rings. The normalized spacial score (nSPS) is 17.9. The first-order chi connectivity index (χ1) is 19.6. The molecule has 0 saturated carbocycles. The van der Waals surface area contributed by atoms with Gasteiger partial charge in [0.2, 0.25) is 5.91 Å². The number of hydrogen-bond acceptors (Lipinski definition) is 7. The molecule has 3 aromatic carbocycles. The monoisotopic (exact) mass is 590 g/mol. The molecule has 10 heteroatoms. The van der Waals surface area contributed by atoms with E-state index in [0.717, 1.165) is 11.8 Å². The molecule has 0 fully saturated rings. The summed E-state index contributed by atoms with van der Waals surface area (Å²) in [5.41, 5.74) is 5.46. The summed E-state index contributed by atoms with van der Waals surface area (Å²) in [7, 11) is -3.63. The number of hydrogen-bond donors (Lipinski definition) is 2. The molecule has 4 aromatic rings. The molecule has 0 unspecified atom stereocenters. The van der Waals surface area contributed by atoms with Crippen LogP contribution in [-0.2, 0) is 25.6 Å². The van der Waals surface area contributed by atoms with Gasteiger partial charge in [-0.2, -0.15) is 0 Å². The van der Waals surface area contributed by atoms with Gasteiger partial charge in [-0.3, -0.25) is 9.59 Å². The fraction of sp³-hybridized carbons (Fsp3) is 0.281. The van der Waals surface area contributed by atoms with E-state index in [1.165, 1.54) is 37.3 Å². The predicted octanol–water partition coefficient (Wildman–Crippen LogP) is 4.76. The average molecular weight is 591 g/mol. The van der Waals surface area contributed by atoms with Crippen LogP contribution in [0.5, 0.6) is 5.75 Å². The first-order valence-corrected chi connectivity index (χ1v) is 15.2. The first kappa shape index (κ1) is 29.3. The van der Waals surface area contributed by atoms with Crippen LogP contribution < -0.4 is 10.5 Å². The van der Waals surface area contributed by atoms with Gasteiger partial charge in [0.15, 0.2) is 15.6 Å². The molecule has 8 nitrogen and oxygen atoms in total. The van der Waals surface area contributed by atoms with Gasteiger partial charge in [-0.05, 0) is 75.0 Å². The number of nitrogens with two attached hydrogens (primary N) is 1. The molecular weight excluding hydrogens is 559 g/mol. The topological polar surface area (TPSA) is 137 Å². The van der Waals surface area contributed by atoms with Gasteiger partial charge < -0.3 is 15.6 Å².